The molecular formula is C12H11BrO. The molecule has 0 aliphatic heterocycles. The van der Waals surface area contributed by atoms with Gasteiger partial charge in [0.05, 0.1) is 6.61 Å². The van der Waals surface area contributed by atoms with E-state index in [0.29, 0.717) is 6.61 Å². The van der Waals surface area contributed by atoms with E-state index in [1.165, 1.54) is 0 Å². The quantitative estimate of drug-likeness (QED) is 0.734. The molecule has 0 radical (unpaired) electrons. The van der Waals surface area contributed by atoms with E-state index in [9.17, 15) is 0 Å². The molecule has 0 heterocycles. The maximum absolute atomic E-state index is 4.90. The van der Waals surface area contributed by atoms with Gasteiger partial charge in [-0.2, -0.15) is 0 Å². The predicted molar refractivity (Wildman–Crippen MR) is 62.0 cm³/mol. The molecule has 0 aliphatic carbocycles. The molecule has 0 saturated carbocycles. The number of hydrogen-bond donors (Lipinski definition) is 0. The number of ether oxygens (including phenoxy) is 1. The first-order valence-corrected chi connectivity index (χ1v) is 4.96. The second kappa shape index (κ2) is 5.64. The Morgan fingerprint density at radius 2 is 2.07 bits per heavy atom. The highest BCUT2D eigenvalue weighted by atomic mass is 79.9. The van der Waals surface area contributed by atoms with Gasteiger partial charge >= 0.3 is 0 Å². The Kier molecular flexibility index (Phi) is 4.45. The summed E-state index contributed by atoms with van der Waals surface area (Å²) in [6, 6.07) is 7.83. The zero-order chi connectivity index (χ0) is 10.4. The van der Waals surface area contributed by atoms with Gasteiger partial charge in [0.15, 0.2) is 0 Å². The molecule has 1 nitrogen and oxygen atoms in total. The first-order chi connectivity index (χ1) is 6.72. The van der Waals surface area contributed by atoms with Crippen LogP contribution in [0.4, 0.5) is 0 Å². The normalized spacial score (nSPS) is 9.00. The van der Waals surface area contributed by atoms with Gasteiger partial charge in [0.25, 0.3) is 0 Å². The van der Waals surface area contributed by atoms with Crippen molar-refractivity contribution in [3.8, 4) is 11.8 Å². The Morgan fingerprint density at radius 3 is 2.64 bits per heavy atom. The fraction of sp³-hybridized carbons (Fsp3) is 0.167. The van der Waals surface area contributed by atoms with Crippen LogP contribution in [0.1, 0.15) is 5.56 Å². The lowest BCUT2D eigenvalue weighted by Gasteiger charge is -1.93. The van der Waals surface area contributed by atoms with Crippen molar-refractivity contribution in [1.29, 1.82) is 0 Å². The van der Waals surface area contributed by atoms with Crippen LogP contribution in [0.2, 0.25) is 0 Å². The van der Waals surface area contributed by atoms with E-state index >= 15 is 0 Å². The van der Waals surface area contributed by atoms with Gasteiger partial charge in [-0.1, -0.05) is 34.3 Å². The minimum atomic E-state index is 0.490. The highest BCUT2D eigenvalue weighted by Gasteiger charge is 1.88. The molecule has 1 aromatic rings. The zero-order valence-electron chi connectivity index (χ0n) is 8.01. The summed E-state index contributed by atoms with van der Waals surface area (Å²) in [4.78, 5) is 0. The molecule has 0 amide bonds. The molecule has 72 valence electrons. The van der Waals surface area contributed by atoms with Crippen molar-refractivity contribution < 1.29 is 4.74 Å². The Labute approximate surface area is 92.9 Å². The van der Waals surface area contributed by atoms with E-state index in [0.717, 1.165) is 15.6 Å². The van der Waals surface area contributed by atoms with Crippen LogP contribution >= 0.6 is 15.9 Å². The highest BCUT2D eigenvalue weighted by Crippen LogP contribution is 2.09. The smallest absolute Gasteiger partial charge is 0.0785 e. The van der Waals surface area contributed by atoms with Gasteiger partial charge in [-0.3, -0.25) is 0 Å². The molecule has 0 aromatic heterocycles. The van der Waals surface area contributed by atoms with Crippen molar-refractivity contribution in [2.45, 2.75) is 0 Å². The Bertz CT molecular complexity index is 368. The van der Waals surface area contributed by atoms with Crippen molar-refractivity contribution in [2.24, 2.45) is 0 Å². The molecule has 0 atom stereocenters. The largest absolute Gasteiger partial charge is 0.379 e. The van der Waals surface area contributed by atoms with Crippen molar-refractivity contribution in [3.05, 3.63) is 46.5 Å². The van der Waals surface area contributed by atoms with Gasteiger partial charge in [-0.25, -0.2) is 0 Å². The summed E-state index contributed by atoms with van der Waals surface area (Å²) >= 11 is 3.36. The predicted octanol–water partition coefficient (Wildman–Crippen LogP) is 3.00. The van der Waals surface area contributed by atoms with E-state index in [2.05, 4.69) is 34.3 Å². The van der Waals surface area contributed by atoms with E-state index in [1.54, 1.807) is 7.11 Å². The molecule has 0 fully saturated rings. The molecule has 0 N–H and O–H groups in total. The first-order valence-electron chi connectivity index (χ1n) is 4.16. The molecule has 0 bridgehead atoms. The molecule has 0 saturated heterocycles. The van der Waals surface area contributed by atoms with Gasteiger partial charge in [0.2, 0.25) is 0 Å². The Hall–Kier alpha value is -1.04. The standard InChI is InChI=1S/C12H11BrO/c1-10(9-14-2)3-4-11-5-7-12(13)8-6-11/h5-8H,1,9H2,2H3. The van der Waals surface area contributed by atoms with Crippen LogP contribution in [-0.4, -0.2) is 13.7 Å². The molecule has 14 heavy (non-hydrogen) atoms. The van der Waals surface area contributed by atoms with Gasteiger partial charge in [-0.05, 0) is 24.3 Å². The Balaban J connectivity index is 2.68. The van der Waals surface area contributed by atoms with Gasteiger partial charge in [-0.15, -0.1) is 0 Å². The van der Waals surface area contributed by atoms with Gasteiger partial charge in [0, 0.05) is 22.7 Å². The summed E-state index contributed by atoms with van der Waals surface area (Å²) in [7, 11) is 1.63. The van der Waals surface area contributed by atoms with Crippen LogP contribution < -0.4 is 0 Å². The van der Waals surface area contributed by atoms with Crippen LogP contribution in [0.15, 0.2) is 40.9 Å². The number of rotatable bonds is 2. The summed E-state index contributed by atoms with van der Waals surface area (Å²) < 4.78 is 5.96. The lowest BCUT2D eigenvalue weighted by molar-refractivity contribution is 0.229. The van der Waals surface area contributed by atoms with Gasteiger partial charge < -0.3 is 4.74 Å². The van der Waals surface area contributed by atoms with Crippen LogP contribution in [0.25, 0.3) is 0 Å². The fourth-order valence-electron chi connectivity index (χ4n) is 0.904. The molecular weight excluding hydrogens is 240 g/mol. The monoisotopic (exact) mass is 250 g/mol. The van der Waals surface area contributed by atoms with E-state index in [1.807, 2.05) is 24.3 Å². The topological polar surface area (TPSA) is 9.23 Å². The van der Waals surface area contributed by atoms with E-state index in [-0.39, 0.29) is 0 Å². The molecule has 0 unspecified atom stereocenters. The van der Waals surface area contributed by atoms with Crippen LogP contribution in [0.3, 0.4) is 0 Å². The maximum Gasteiger partial charge on any atom is 0.0785 e. The molecule has 1 rings (SSSR count). The second-order valence-electron chi connectivity index (χ2n) is 2.79. The molecule has 1 aromatic carbocycles. The molecule has 0 spiro atoms. The summed E-state index contributed by atoms with van der Waals surface area (Å²) in [5.74, 6) is 5.94. The van der Waals surface area contributed by atoms with E-state index < -0.39 is 0 Å². The second-order valence-corrected chi connectivity index (χ2v) is 3.71. The highest BCUT2D eigenvalue weighted by molar-refractivity contribution is 9.10. The van der Waals surface area contributed by atoms with Crippen LogP contribution in [-0.2, 0) is 4.74 Å². The number of hydrogen-bond acceptors (Lipinski definition) is 1. The van der Waals surface area contributed by atoms with Crippen molar-refractivity contribution in [3.63, 3.8) is 0 Å². The molecule has 0 aliphatic rings. The maximum atomic E-state index is 4.90. The van der Waals surface area contributed by atoms with Gasteiger partial charge in [0.1, 0.15) is 0 Å². The van der Waals surface area contributed by atoms with Crippen LogP contribution in [0, 0.1) is 11.8 Å². The molecule has 2 heteroatoms. The Morgan fingerprint density at radius 1 is 1.43 bits per heavy atom. The number of benzene rings is 1. The van der Waals surface area contributed by atoms with Crippen molar-refractivity contribution >= 4 is 15.9 Å². The first kappa shape index (κ1) is 11.0. The average Bonchev–Trinajstić information content (AvgIpc) is 2.17. The lowest BCUT2D eigenvalue weighted by atomic mass is 10.2. The number of halogens is 1. The third-order valence-electron chi connectivity index (χ3n) is 1.55. The minimum absolute atomic E-state index is 0.490. The average molecular weight is 251 g/mol. The minimum Gasteiger partial charge on any atom is -0.379 e. The third kappa shape index (κ3) is 3.78. The lowest BCUT2D eigenvalue weighted by Crippen LogP contribution is -1.89. The SMILES string of the molecule is C=C(C#Cc1ccc(Br)cc1)COC. The fourth-order valence-corrected chi connectivity index (χ4v) is 1.17. The summed E-state index contributed by atoms with van der Waals surface area (Å²) in [6.45, 7) is 4.26. The van der Waals surface area contributed by atoms with E-state index in [4.69, 9.17) is 4.74 Å². The van der Waals surface area contributed by atoms with Crippen molar-refractivity contribution in [1.82, 2.24) is 0 Å². The van der Waals surface area contributed by atoms with Crippen LogP contribution in [0.5, 0.6) is 0 Å². The number of methoxy groups -OCH3 is 1. The van der Waals surface area contributed by atoms with Crippen molar-refractivity contribution in [2.75, 3.05) is 13.7 Å². The summed E-state index contributed by atoms with van der Waals surface area (Å²) in [6.07, 6.45) is 0. The zero-order valence-corrected chi connectivity index (χ0v) is 9.60. The summed E-state index contributed by atoms with van der Waals surface area (Å²) in [5, 5.41) is 0. The summed E-state index contributed by atoms with van der Waals surface area (Å²) in [5.41, 5.74) is 1.76. The third-order valence-corrected chi connectivity index (χ3v) is 2.08.